The van der Waals surface area contributed by atoms with E-state index in [9.17, 15) is 13.2 Å². The summed E-state index contributed by atoms with van der Waals surface area (Å²) < 4.78 is 24.5. The van der Waals surface area contributed by atoms with Gasteiger partial charge in [-0.25, -0.2) is 8.42 Å². The summed E-state index contributed by atoms with van der Waals surface area (Å²) in [5.41, 5.74) is 1.01. The highest BCUT2D eigenvalue weighted by Crippen LogP contribution is 2.26. The van der Waals surface area contributed by atoms with Crippen molar-refractivity contribution in [2.24, 2.45) is 0 Å². The summed E-state index contributed by atoms with van der Waals surface area (Å²) in [5.74, 6) is -0.166. The number of Topliss-reactive ketones (excluding diaryl/α,β-unsaturated/α-hetero) is 1. The van der Waals surface area contributed by atoms with Crippen LogP contribution in [0.2, 0.25) is 0 Å². The second-order valence-electron chi connectivity index (χ2n) is 6.97. The van der Waals surface area contributed by atoms with Crippen molar-refractivity contribution in [2.45, 2.75) is 87.5 Å². The van der Waals surface area contributed by atoms with Crippen molar-refractivity contribution in [3.05, 3.63) is 29.8 Å². The first-order chi connectivity index (χ1) is 12.4. The van der Waals surface area contributed by atoms with Gasteiger partial charge in [0.2, 0.25) is 0 Å². The molecular weight excluding hydrogens is 364 g/mol. The van der Waals surface area contributed by atoms with Crippen LogP contribution in [0.25, 0.3) is 0 Å². The van der Waals surface area contributed by atoms with Crippen molar-refractivity contribution in [1.29, 1.82) is 0 Å². The lowest BCUT2D eigenvalue weighted by molar-refractivity contribution is -0.117. The Hall–Kier alpha value is -0.810. The van der Waals surface area contributed by atoms with E-state index in [1.54, 1.807) is 30.5 Å². The molecule has 0 aliphatic heterocycles. The second kappa shape index (κ2) is 12.6. The third kappa shape index (κ3) is 7.83. The Kier molecular flexibility index (Phi) is 11.2. The number of ketones is 1. The van der Waals surface area contributed by atoms with Crippen LogP contribution in [0.5, 0.6) is 0 Å². The highest BCUT2D eigenvalue weighted by Gasteiger charge is 2.32. The smallest absolute Gasteiger partial charge is 0.197 e. The number of carbonyl (C=O) groups is 1. The van der Waals surface area contributed by atoms with Gasteiger partial charge in [-0.3, -0.25) is 4.79 Å². The lowest BCUT2D eigenvalue weighted by atomic mass is 10.1. The monoisotopic (exact) mass is 398 g/mol. The molecule has 0 radical (unpaired) electrons. The van der Waals surface area contributed by atoms with Crippen LogP contribution in [0.15, 0.2) is 29.2 Å². The average molecular weight is 399 g/mol. The fraction of sp³-hybridized carbons (Fsp3) is 0.667. The Balaban J connectivity index is 2.40. The predicted molar refractivity (Wildman–Crippen MR) is 113 cm³/mol. The first-order valence-corrected chi connectivity index (χ1v) is 12.6. The summed E-state index contributed by atoms with van der Waals surface area (Å²) in [7, 11) is -3.61. The fourth-order valence-corrected chi connectivity index (χ4v) is 5.96. The molecule has 0 N–H and O–H groups in total. The van der Waals surface area contributed by atoms with E-state index in [0.29, 0.717) is 6.42 Å². The summed E-state index contributed by atoms with van der Waals surface area (Å²) in [6.07, 6.45) is 12.7. The molecule has 1 rings (SSSR count). The standard InChI is InChI=1S/C21H34O3S2/c1-4-5-6-7-8-9-10-11-12-13-20(22)21(25-3)26(23,24)19-16-14-18(2)15-17-19/h14-17,21H,4-13H2,1-3H3. The van der Waals surface area contributed by atoms with E-state index in [1.165, 1.54) is 38.5 Å². The van der Waals surface area contributed by atoms with Gasteiger partial charge in [0.1, 0.15) is 0 Å². The van der Waals surface area contributed by atoms with Crippen LogP contribution in [-0.2, 0) is 14.6 Å². The normalized spacial score (nSPS) is 12.9. The molecule has 1 atom stereocenters. The predicted octanol–water partition coefficient (Wildman–Crippen LogP) is 5.95. The molecule has 0 fully saturated rings. The molecule has 0 aromatic heterocycles. The van der Waals surface area contributed by atoms with Crippen LogP contribution in [0.1, 0.15) is 76.7 Å². The number of hydrogen-bond donors (Lipinski definition) is 0. The maximum absolute atomic E-state index is 12.7. The highest BCUT2D eigenvalue weighted by molar-refractivity contribution is 8.14. The molecule has 3 nitrogen and oxygen atoms in total. The maximum atomic E-state index is 12.7. The number of hydrogen-bond acceptors (Lipinski definition) is 4. The zero-order chi connectivity index (χ0) is 19.4. The summed E-state index contributed by atoms with van der Waals surface area (Å²) >= 11 is 1.13. The Morgan fingerprint density at radius 3 is 1.92 bits per heavy atom. The number of benzene rings is 1. The first kappa shape index (κ1) is 23.2. The average Bonchev–Trinajstić information content (AvgIpc) is 2.61. The largest absolute Gasteiger partial charge is 0.297 e. The van der Waals surface area contributed by atoms with E-state index >= 15 is 0 Å². The molecule has 148 valence electrons. The van der Waals surface area contributed by atoms with E-state index in [-0.39, 0.29) is 10.7 Å². The molecule has 0 spiro atoms. The minimum Gasteiger partial charge on any atom is -0.297 e. The molecule has 0 aliphatic rings. The summed E-state index contributed by atoms with van der Waals surface area (Å²) in [5, 5.41) is 0. The molecule has 0 bridgehead atoms. The van der Waals surface area contributed by atoms with E-state index in [1.807, 2.05) is 6.92 Å². The number of rotatable bonds is 14. The SMILES string of the molecule is CCCCCCCCCCCC(=O)C(SC)S(=O)(=O)c1ccc(C)cc1. The van der Waals surface area contributed by atoms with Crippen molar-refractivity contribution >= 4 is 27.4 Å². The molecule has 1 unspecified atom stereocenters. The minimum absolute atomic E-state index is 0.166. The van der Waals surface area contributed by atoms with Crippen LogP contribution in [-0.4, -0.2) is 25.0 Å². The molecule has 26 heavy (non-hydrogen) atoms. The van der Waals surface area contributed by atoms with Gasteiger partial charge in [0.25, 0.3) is 0 Å². The van der Waals surface area contributed by atoms with E-state index in [4.69, 9.17) is 0 Å². The Morgan fingerprint density at radius 1 is 0.923 bits per heavy atom. The van der Waals surface area contributed by atoms with Crippen LogP contribution in [0.3, 0.4) is 0 Å². The van der Waals surface area contributed by atoms with E-state index in [0.717, 1.165) is 36.6 Å². The number of carbonyl (C=O) groups excluding carboxylic acids is 1. The van der Waals surface area contributed by atoms with Crippen LogP contribution >= 0.6 is 11.8 Å². The zero-order valence-electron chi connectivity index (χ0n) is 16.5. The third-order valence-electron chi connectivity index (χ3n) is 4.64. The molecule has 0 heterocycles. The first-order valence-electron chi connectivity index (χ1n) is 9.79. The fourth-order valence-electron chi connectivity index (χ4n) is 3.01. The molecule has 0 amide bonds. The van der Waals surface area contributed by atoms with Crippen LogP contribution in [0, 0.1) is 6.92 Å². The van der Waals surface area contributed by atoms with Crippen LogP contribution in [0.4, 0.5) is 0 Å². The van der Waals surface area contributed by atoms with Gasteiger partial charge in [-0.15, -0.1) is 11.8 Å². The quantitative estimate of drug-likeness (QED) is 0.363. The van der Waals surface area contributed by atoms with Gasteiger partial charge in [-0.05, 0) is 31.7 Å². The van der Waals surface area contributed by atoms with Gasteiger partial charge in [-0.2, -0.15) is 0 Å². The third-order valence-corrected chi connectivity index (χ3v) is 8.42. The summed E-state index contributed by atoms with van der Waals surface area (Å²) in [4.78, 5) is 12.7. The lowest BCUT2D eigenvalue weighted by Crippen LogP contribution is -2.27. The molecule has 0 saturated heterocycles. The molecule has 5 heteroatoms. The molecular formula is C21H34O3S2. The van der Waals surface area contributed by atoms with Gasteiger partial charge < -0.3 is 0 Å². The number of sulfone groups is 1. The Bertz CT molecular complexity index is 621. The summed E-state index contributed by atoms with van der Waals surface area (Å²) in [6, 6.07) is 6.74. The highest BCUT2D eigenvalue weighted by atomic mass is 32.3. The summed E-state index contributed by atoms with van der Waals surface area (Å²) in [6.45, 7) is 4.13. The number of unbranched alkanes of at least 4 members (excludes halogenated alkanes) is 8. The van der Waals surface area contributed by atoms with Gasteiger partial charge in [0, 0.05) is 6.42 Å². The van der Waals surface area contributed by atoms with Gasteiger partial charge in [0.05, 0.1) is 4.90 Å². The van der Waals surface area contributed by atoms with Gasteiger partial charge >= 0.3 is 0 Å². The van der Waals surface area contributed by atoms with Crippen molar-refractivity contribution < 1.29 is 13.2 Å². The molecule has 0 aliphatic carbocycles. The van der Waals surface area contributed by atoms with Crippen molar-refractivity contribution in [1.82, 2.24) is 0 Å². The molecule has 0 saturated carbocycles. The van der Waals surface area contributed by atoms with Crippen LogP contribution < -0.4 is 0 Å². The van der Waals surface area contributed by atoms with Crippen molar-refractivity contribution in [3.63, 3.8) is 0 Å². The number of thioether (sulfide) groups is 1. The molecule has 1 aromatic rings. The molecule has 1 aromatic carbocycles. The minimum atomic E-state index is -3.61. The van der Waals surface area contributed by atoms with E-state index < -0.39 is 14.4 Å². The lowest BCUT2D eigenvalue weighted by Gasteiger charge is -2.14. The Labute approximate surface area is 164 Å². The van der Waals surface area contributed by atoms with Gasteiger partial charge in [0.15, 0.2) is 20.2 Å². The second-order valence-corrected chi connectivity index (χ2v) is 10.2. The number of aryl methyl sites for hydroxylation is 1. The van der Waals surface area contributed by atoms with E-state index in [2.05, 4.69) is 6.92 Å². The maximum Gasteiger partial charge on any atom is 0.197 e. The van der Waals surface area contributed by atoms with Crippen molar-refractivity contribution in [3.8, 4) is 0 Å². The topological polar surface area (TPSA) is 51.2 Å². The van der Waals surface area contributed by atoms with Crippen molar-refractivity contribution in [2.75, 3.05) is 6.26 Å². The Morgan fingerprint density at radius 2 is 1.42 bits per heavy atom. The van der Waals surface area contributed by atoms with Gasteiger partial charge in [-0.1, -0.05) is 76.0 Å². The zero-order valence-corrected chi connectivity index (χ0v) is 18.1.